The fraction of sp³-hybridized carbons (Fsp3) is 0.600. The minimum Gasteiger partial charge on any atom is -0.497 e. The van der Waals surface area contributed by atoms with Crippen molar-refractivity contribution in [2.24, 2.45) is 5.73 Å². The molecule has 0 amide bonds. The molecule has 0 aliphatic heterocycles. The minimum atomic E-state index is -3.13. The van der Waals surface area contributed by atoms with Crippen LogP contribution in [0.2, 0.25) is 0 Å². The fourth-order valence-electron chi connectivity index (χ4n) is 0.960. The van der Waals surface area contributed by atoms with Crippen LogP contribution in [0.1, 0.15) is 20.3 Å². The summed E-state index contributed by atoms with van der Waals surface area (Å²) in [4.78, 5) is 0. The van der Waals surface area contributed by atoms with E-state index in [1.165, 1.54) is 0 Å². The van der Waals surface area contributed by atoms with Gasteiger partial charge in [0.15, 0.2) is 0 Å². The molecule has 0 radical (unpaired) electrons. The number of hydrogen-bond donors (Lipinski definition) is 1. The normalized spacial score (nSPS) is 15.1. The zero-order chi connectivity index (χ0) is 11.2. The lowest BCUT2D eigenvalue weighted by molar-refractivity contribution is 0.0172. The van der Waals surface area contributed by atoms with Gasteiger partial charge in [-0.15, -0.1) is 0 Å². The van der Waals surface area contributed by atoms with Crippen LogP contribution < -0.4 is 5.73 Å². The van der Waals surface area contributed by atoms with E-state index in [1.807, 2.05) is 6.92 Å². The number of halogens is 2. The molecule has 0 aromatic heterocycles. The summed E-state index contributed by atoms with van der Waals surface area (Å²) in [6, 6.07) is -1.44. The quantitative estimate of drug-likeness (QED) is 0.534. The van der Waals surface area contributed by atoms with E-state index < -0.39 is 12.0 Å². The van der Waals surface area contributed by atoms with Gasteiger partial charge < -0.3 is 10.5 Å². The van der Waals surface area contributed by atoms with E-state index in [9.17, 15) is 8.78 Å². The summed E-state index contributed by atoms with van der Waals surface area (Å²) in [6.45, 7) is 6.93. The van der Waals surface area contributed by atoms with Crippen LogP contribution in [0.5, 0.6) is 0 Å². The molecule has 0 heterocycles. The molecule has 82 valence electrons. The third kappa shape index (κ3) is 3.46. The first kappa shape index (κ1) is 13.1. The van der Waals surface area contributed by atoms with Gasteiger partial charge in [0.1, 0.15) is 11.8 Å². The second kappa shape index (κ2) is 5.75. The Bertz CT molecular complexity index is 214. The van der Waals surface area contributed by atoms with E-state index in [1.54, 1.807) is 13.0 Å². The van der Waals surface area contributed by atoms with Crippen molar-refractivity contribution in [1.29, 1.82) is 0 Å². The molecule has 0 saturated heterocycles. The number of nitrogens with two attached hydrogens (primary N) is 1. The van der Waals surface area contributed by atoms with Crippen molar-refractivity contribution in [1.82, 2.24) is 0 Å². The average molecular weight is 205 g/mol. The Labute approximate surface area is 83.4 Å². The molecule has 0 spiro atoms. The van der Waals surface area contributed by atoms with Crippen molar-refractivity contribution in [2.75, 3.05) is 6.61 Å². The molecule has 14 heavy (non-hydrogen) atoms. The monoisotopic (exact) mass is 205 g/mol. The first-order valence-electron chi connectivity index (χ1n) is 4.59. The summed E-state index contributed by atoms with van der Waals surface area (Å²) in [6.07, 6.45) is 2.71. The van der Waals surface area contributed by atoms with Crippen molar-refractivity contribution in [3.8, 4) is 0 Å². The summed E-state index contributed by atoms with van der Waals surface area (Å²) >= 11 is 0. The lowest BCUT2D eigenvalue weighted by Crippen LogP contribution is -2.41. The van der Waals surface area contributed by atoms with Crippen LogP contribution in [-0.4, -0.2) is 18.6 Å². The summed E-state index contributed by atoms with van der Waals surface area (Å²) in [7, 11) is 0. The highest BCUT2D eigenvalue weighted by atomic mass is 19.3. The first-order chi connectivity index (χ1) is 6.49. The summed E-state index contributed by atoms with van der Waals surface area (Å²) in [5.74, 6) is -3.00. The SMILES string of the molecule is C=CC(F)(F)C(N)/C(=C/CC)OCC. The maximum Gasteiger partial charge on any atom is 0.288 e. The molecule has 0 bridgehead atoms. The van der Waals surface area contributed by atoms with Crippen LogP contribution >= 0.6 is 0 Å². The molecule has 2 N–H and O–H groups in total. The summed E-state index contributed by atoms with van der Waals surface area (Å²) < 4.78 is 31.2. The highest BCUT2D eigenvalue weighted by Crippen LogP contribution is 2.24. The molecule has 0 aromatic carbocycles. The molecule has 0 aromatic rings. The van der Waals surface area contributed by atoms with Gasteiger partial charge in [-0.05, 0) is 25.5 Å². The molecule has 0 rings (SSSR count). The third-order valence-corrected chi connectivity index (χ3v) is 1.71. The lowest BCUT2D eigenvalue weighted by Gasteiger charge is -2.22. The van der Waals surface area contributed by atoms with Gasteiger partial charge in [-0.2, -0.15) is 8.78 Å². The zero-order valence-corrected chi connectivity index (χ0v) is 8.59. The lowest BCUT2D eigenvalue weighted by atomic mass is 10.1. The Morgan fingerprint density at radius 1 is 1.57 bits per heavy atom. The van der Waals surface area contributed by atoms with Gasteiger partial charge in [-0.3, -0.25) is 0 Å². The molecule has 0 aliphatic carbocycles. The predicted molar refractivity (Wildman–Crippen MR) is 53.1 cm³/mol. The van der Waals surface area contributed by atoms with Crippen molar-refractivity contribution in [2.45, 2.75) is 32.2 Å². The van der Waals surface area contributed by atoms with Crippen LogP contribution in [0.15, 0.2) is 24.5 Å². The number of hydrogen-bond acceptors (Lipinski definition) is 2. The maximum absolute atomic E-state index is 13.1. The van der Waals surface area contributed by atoms with Crippen LogP contribution in [0, 0.1) is 0 Å². The van der Waals surface area contributed by atoms with E-state index in [2.05, 4.69) is 6.58 Å². The van der Waals surface area contributed by atoms with Gasteiger partial charge in [-0.1, -0.05) is 13.5 Å². The Balaban J connectivity index is 4.67. The molecule has 2 nitrogen and oxygen atoms in total. The maximum atomic E-state index is 13.1. The second-order valence-corrected chi connectivity index (χ2v) is 2.80. The van der Waals surface area contributed by atoms with E-state index in [0.717, 1.165) is 0 Å². The summed E-state index contributed by atoms with van der Waals surface area (Å²) in [5.41, 5.74) is 5.36. The molecule has 1 atom stereocenters. The van der Waals surface area contributed by atoms with Crippen LogP contribution in [0.3, 0.4) is 0 Å². The predicted octanol–water partition coefficient (Wildman–Crippen LogP) is 2.47. The smallest absolute Gasteiger partial charge is 0.288 e. The highest BCUT2D eigenvalue weighted by molar-refractivity contribution is 5.12. The topological polar surface area (TPSA) is 35.2 Å². The van der Waals surface area contributed by atoms with Gasteiger partial charge in [0.25, 0.3) is 5.92 Å². The Morgan fingerprint density at radius 3 is 2.50 bits per heavy atom. The van der Waals surface area contributed by atoms with Gasteiger partial charge in [0, 0.05) is 0 Å². The number of allylic oxidation sites excluding steroid dienone is 1. The molecule has 0 fully saturated rings. The van der Waals surface area contributed by atoms with Crippen molar-refractivity contribution < 1.29 is 13.5 Å². The van der Waals surface area contributed by atoms with Crippen molar-refractivity contribution >= 4 is 0 Å². The zero-order valence-electron chi connectivity index (χ0n) is 8.59. The molecule has 1 unspecified atom stereocenters. The average Bonchev–Trinajstić information content (AvgIpc) is 2.16. The number of alkyl halides is 2. The van der Waals surface area contributed by atoms with E-state index in [0.29, 0.717) is 19.1 Å². The highest BCUT2D eigenvalue weighted by Gasteiger charge is 2.36. The number of rotatable bonds is 6. The van der Waals surface area contributed by atoms with Crippen LogP contribution in [0.4, 0.5) is 8.78 Å². The van der Waals surface area contributed by atoms with E-state index >= 15 is 0 Å². The minimum absolute atomic E-state index is 0.125. The van der Waals surface area contributed by atoms with Gasteiger partial charge in [-0.25, -0.2) is 0 Å². The first-order valence-corrected chi connectivity index (χ1v) is 4.59. The standard InChI is InChI=1S/C10H17F2NO/c1-4-7-8(14-6-3)9(13)10(11,12)5-2/h5,7,9H,2,4,6,13H2,1,3H3/b8-7-. The summed E-state index contributed by atoms with van der Waals surface area (Å²) in [5, 5.41) is 0. The molecule has 0 saturated carbocycles. The third-order valence-electron chi connectivity index (χ3n) is 1.71. The van der Waals surface area contributed by atoms with E-state index in [4.69, 9.17) is 10.5 Å². The van der Waals surface area contributed by atoms with Gasteiger partial charge in [0.2, 0.25) is 0 Å². The van der Waals surface area contributed by atoms with Gasteiger partial charge >= 0.3 is 0 Å². The van der Waals surface area contributed by atoms with Crippen molar-refractivity contribution in [3.05, 3.63) is 24.5 Å². The molecular weight excluding hydrogens is 188 g/mol. The second-order valence-electron chi connectivity index (χ2n) is 2.80. The van der Waals surface area contributed by atoms with Crippen molar-refractivity contribution in [3.63, 3.8) is 0 Å². The van der Waals surface area contributed by atoms with Crippen LogP contribution in [-0.2, 0) is 4.74 Å². The van der Waals surface area contributed by atoms with Crippen LogP contribution in [0.25, 0.3) is 0 Å². The molecule has 0 aliphatic rings. The van der Waals surface area contributed by atoms with E-state index in [-0.39, 0.29) is 5.76 Å². The molecule has 4 heteroatoms. The fourth-order valence-corrected chi connectivity index (χ4v) is 0.960. The Morgan fingerprint density at radius 2 is 2.14 bits per heavy atom. The largest absolute Gasteiger partial charge is 0.497 e. The Kier molecular flexibility index (Phi) is 5.38. The molecular formula is C10H17F2NO. The van der Waals surface area contributed by atoms with Gasteiger partial charge in [0.05, 0.1) is 6.61 Å². The Hall–Kier alpha value is -0.900. The number of ether oxygens (including phenoxy) is 1.